The molecule has 1 amide bonds. The summed E-state index contributed by atoms with van der Waals surface area (Å²) in [5.41, 5.74) is 0.643. The van der Waals surface area contributed by atoms with E-state index >= 15 is 0 Å². The van der Waals surface area contributed by atoms with Gasteiger partial charge in [-0.15, -0.1) is 0 Å². The molecular weight excluding hydrogens is 206 g/mol. The minimum absolute atomic E-state index is 0.232. The van der Waals surface area contributed by atoms with Gasteiger partial charge in [0.25, 0.3) is 5.91 Å². The smallest absolute Gasteiger partial charge is 0.276 e. The minimum atomic E-state index is -0.376. The van der Waals surface area contributed by atoms with Crippen LogP contribution in [0.4, 0.5) is 5.95 Å². The van der Waals surface area contributed by atoms with E-state index in [0.29, 0.717) is 11.5 Å². The van der Waals surface area contributed by atoms with Gasteiger partial charge in [0.2, 0.25) is 5.95 Å². The molecule has 0 atom stereocenters. The number of hydrogen-bond acceptors (Lipinski definition) is 4. The zero-order valence-electron chi connectivity index (χ0n) is 8.14. The molecule has 0 aliphatic rings. The maximum atomic E-state index is 11.6. The highest BCUT2D eigenvalue weighted by Gasteiger charge is 2.08. The summed E-state index contributed by atoms with van der Waals surface area (Å²) in [6.07, 6.45) is 4.47. The van der Waals surface area contributed by atoms with E-state index in [4.69, 9.17) is 5.26 Å². The van der Waals surface area contributed by atoms with Crippen molar-refractivity contribution in [2.24, 2.45) is 0 Å². The minimum Gasteiger partial charge on any atom is -0.331 e. The lowest BCUT2D eigenvalue weighted by atomic mass is 10.2. The third kappa shape index (κ3) is 2.04. The standard InChI is InChI=1S/C10H7N5O/c11-5-7-1-2-8(14-6-7)9(16)15-10-12-3-4-13-10/h1-4,6H,(H2,12,13,15,16). The van der Waals surface area contributed by atoms with Gasteiger partial charge in [-0.2, -0.15) is 5.26 Å². The number of nitrogens with zero attached hydrogens (tertiary/aromatic N) is 3. The number of imidazole rings is 1. The van der Waals surface area contributed by atoms with Gasteiger partial charge < -0.3 is 4.98 Å². The summed E-state index contributed by atoms with van der Waals surface area (Å²) in [5.74, 6) is -0.0180. The molecule has 2 rings (SSSR count). The van der Waals surface area contributed by atoms with Gasteiger partial charge in [0.1, 0.15) is 11.8 Å². The molecule has 6 heteroatoms. The summed E-state index contributed by atoms with van der Waals surface area (Å²) >= 11 is 0. The lowest BCUT2D eigenvalue weighted by Crippen LogP contribution is -2.14. The number of aromatic nitrogens is 3. The molecule has 0 aliphatic carbocycles. The van der Waals surface area contributed by atoms with Gasteiger partial charge in [-0.05, 0) is 12.1 Å². The van der Waals surface area contributed by atoms with E-state index < -0.39 is 0 Å². The van der Waals surface area contributed by atoms with Crippen LogP contribution < -0.4 is 5.32 Å². The third-order valence-corrected chi connectivity index (χ3v) is 1.86. The highest BCUT2D eigenvalue weighted by Crippen LogP contribution is 2.02. The fourth-order valence-electron chi connectivity index (χ4n) is 1.10. The summed E-state index contributed by atoms with van der Waals surface area (Å²) in [6, 6.07) is 4.94. The maximum Gasteiger partial charge on any atom is 0.276 e. The normalized spacial score (nSPS) is 9.44. The van der Waals surface area contributed by atoms with E-state index in [1.54, 1.807) is 6.20 Å². The predicted octanol–water partition coefficient (Wildman–Crippen LogP) is 0.929. The van der Waals surface area contributed by atoms with Crippen molar-refractivity contribution in [2.45, 2.75) is 0 Å². The number of H-pyrrole nitrogens is 1. The van der Waals surface area contributed by atoms with Crippen LogP contribution in [0.1, 0.15) is 16.1 Å². The molecule has 16 heavy (non-hydrogen) atoms. The Kier molecular flexibility index (Phi) is 2.61. The topological polar surface area (TPSA) is 94.5 Å². The first kappa shape index (κ1) is 9.86. The molecule has 2 heterocycles. The largest absolute Gasteiger partial charge is 0.331 e. The van der Waals surface area contributed by atoms with E-state index in [1.165, 1.54) is 24.5 Å². The Morgan fingerprint density at radius 3 is 2.88 bits per heavy atom. The predicted molar refractivity (Wildman–Crippen MR) is 55.5 cm³/mol. The lowest BCUT2D eigenvalue weighted by Gasteiger charge is -2.00. The Bertz CT molecular complexity index is 523. The molecule has 0 unspecified atom stereocenters. The summed E-state index contributed by atoms with van der Waals surface area (Å²) in [7, 11) is 0. The van der Waals surface area contributed by atoms with Crippen molar-refractivity contribution in [1.82, 2.24) is 15.0 Å². The van der Waals surface area contributed by atoms with Crippen molar-refractivity contribution >= 4 is 11.9 Å². The number of nitriles is 1. The summed E-state index contributed by atoms with van der Waals surface area (Å²) in [4.78, 5) is 22.0. The molecular formula is C10H7N5O. The van der Waals surface area contributed by atoms with Gasteiger partial charge in [0.05, 0.1) is 5.56 Å². The second kappa shape index (κ2) is 4.23. The molecule has 0 saturated heterocycles. The van der Waals surface area contributed by atoms with Crippen molar-refractivity contribution in [1.29, 1.82) is 5.26 Å². The average molecular weight is 213 g/mol. The number of anilines is 1. The third-order valence-electron chi connectivity index (χ3n) is 1.86. The van der Waals surface area contributed by atoms with Crippen LogP contribution in [0.2, 0.25) is 0 Å². The van der Waals surface area contributed by atoms with Crippen LogP contribution in [0.3, 0.4) is 0 Å². The van der Waals surface area contributed by atoms with E-state index in [9.17, 15) is 4.79 Å². The molecule has 0 spiro atoms. The van der Waals surface area contributed by atoms with Crippen molar-refractivity contribution < 1.29 is 4.79 Å². The van der Waals surface area contributed by atoms with Crippen LogP contribution in [0.15, 0.2) is 30.7 Å². The maximum absolute atomic E-state index is 11.6. The molecule has 2 aromatic heterocycles. The first-order valence-electron chi connectivity index (χ1n) is 4.46. The Hall–Kier alpha value is -2.68. The number of aromatic amines is 1. The first-order chi connectivity index (χ1) is 7.79. The van der Waals surface area contributed by atoms with Gasteiger partial charge in [-0.25, -0.2) is 9.97 Å². The molecule has 0 aromatic carbocycles. The van der Waals surface area contributed by atoms with Gasteiger partial charge in [0.15, 0.2) is 0 Å². The lowest BCUT2D eigenvalue weighted by molar-refractivity contribution is 0.102. The van der Waals surface area contributed by atoms with Crippen LogP contribution in [0, 0.1) is 11.3 Å². The second-order valence-electron chi connectivity index (χ2n) is 2.94. The average Bonchev–Trinajstić information content (AvgIpc) is 2.82. The Morgan fingerprint density at radius 2 is 2.31 bits per heavy atom. The quantitative estimate of drug-likeness (QED) is 0.775. The van der Waals surface area contributed by atoms with Crippen molar-refractivity contribution in [2.75, 3.05) is 5.32 Å². The van der Waals surface area contributed by atoms with Gasteiger partial charge in [-0.3, -0.25) is 10.1 Å². The van der Waals surface area contributed by atoms with Crippen molar-refractivity contribution in [3.8, 4) is 6.07 Å². The molecule has 0 radical (unpaired) electrons. The molecule has 0 fully saturated rings. The Morgan fingerprint density at radius 1 is 1.44 bits per heavy atom. The molecule has 2 aromatic rings. The number of amides is 1. The highest BCUT2D eigenvalue weighted by atomic mass is 16.2. The summed E-state index contributed by atoms with van der Waals surface area (Å²) in [6.45, 7) is 0. The van der Waals surface area contributed by atoms with Crippen LogP contribution in [0.5, 0.6) is 0 Å². The Balaban J connectivity index is 2.12. The highest BCUT2D eigenvalue weighted by molar-refractivity contribution is 6.01. The number of hydrogen-bond donors (Lipinski definition) is 2. The van der Waals surface area contributed by atoms with E-state index in [2.05, 4.69) is 20.3 Å². The number of nitrogens with one attached hydrogen (secondary N) is 2. The molecule has 2 N–H and O–H groups in total. The number of carbonyl (C=O) groups is 1. The van der Waals surface area contributed by atoms with Crippen molar-refractivity contribution in [3.05, 3.63) is 42.0 Å². The van der Waals surface area contributed by atoms with E-state index in [0.717, 1.165) is 0 Å². The number of carbonyl (C=O) groups excluding carboxylic acids is 1. The number of pyridine rings is 1. The van der Waals surface area contributed by atoms with E-state index in [1.807, 2.05) is 6.07 Å². The van der Waals surface area contributed by atoms with E-state index in [-0.39, 0.29) is 11.6 Å². The monoisotopic (exact) mass is 213 g/mol. The van der Waals surface area contributed by atoms with Crippen LogP contribution >= 0.6 is 0 Å². The van der Waals surface area contributed by atoms with Crippen LogP contribution in [0.25, 0.3) is 0 Å². The summed E-state index contributed by atoms with van der Waals surface area (Å²) in [5, 5.41) is 11.1. The Labute approximate surface area is 91.0 Å². The molecule has 0 saturated carbocycles. The molecule has 6 nitrogen and oxygen atoms in total. The van der Waals surface area contributed by atoms with Crippen LogP contribution in [-0.2, 0) is 0 Å². The van der Waals surface area contributed by atoms with Gasteiger partial charge in [-0.1, -0.05) is 0 Å². The zero-order valence-corrected chi connectivity index (χ0v) is 8.14. The fraction of sp³-hybridized carbons (Fsp3) is 0. The van der Waals surface area contributed by atoms with Gasteiger partial charge in [0, 0.05) is 18.6 Å². The first-order valence-corrected chi connectivity index (χ1v) is 4.46. The summed E-state index contributed by atoms with van der Waals surface area (Å²) < 4.78 is 0. The number of rotatable bonds is 2. The molecule has 0 bridgehead atoms. The van der Waals surface area contributed by atoms with Crippen molar-refractivity contribution in [3.63, 3.8) is 0 Å². The fourth-order valence-corrected chi connectivity index (χ4v) is 1.10. The SMILES string of the molecule is N#Cc1ccc(C(=O)Nc2ncc[nH]2)nc1. The van der Waals surface area contributed by atoms with Crippen LogP contribution in [-0.4, -0.2) is 20.9 Å². The molecule has 0 aliphatic heterocycles. The van der Waals surface area contributed by atoms with Gasteiger partial charge >= 0.3 is 0 Å². The second-order valence-corrected chi connectivity index (χ2v) is 2.94. The molecule has 78 valence electrons. The zero-order chi connectivity index (χ0) is 11.4.